The van der Waals surface area contributed by atoms with Crippen LogP contribution in [0.3, 0.4) is 0 Å². The van der Waals surface area contributed by atoms with Crippen LogP contribution in [-0.4, -0.2) is 38.6 Å². The summed E-state index contributed by atoms with van der Waals surface area (Å²) in [5.74, 6) is 0.671. The van der Waals surface area contributed by atoms with E-state index in [0.29, 0.717) is 11.3 Å². The van der Waals surface area contributed by atoms with E-state index in [2.05, 4.69) is 136 Å². The van der Waals surface area contributed by atoms with Crippen molar-refractivity contribution in [3.8, 4) is 5.75 Å². The maximum atomic E-state index is 11.7. The summed E-state index contributed by atoms with van der Waals surface area (Å²) in [6.45, 7) is 15.3. The first-order valence-corrected chi connectivity index (χ1v) is 16.4. The van der Waals surface area contributed by atoms with E-state index in [1.165, 1.54) is 40.0 Å². The van der Waals surface area contributed by atoms with Crippen LogP contribution in [0.25, 0.3) is 12.2 Å². The predicted octanol–water partition coefficient (Wildman–Crippen LogP) is 3.40. The Morgan fingerprint density at radius 2 is 1.20 bits per heavy atom. The molecular weight excluding hydrogens is 836 g/mol. The van der Waals surface area contributed by atoms with Crippen LogP contribution in [0, 0.1) is 10.1 Å². The highest BCUT2D eigenvalue weighted by molar-refractivity contribution is 6.06. The highest BCUT2D eigenvalue weighted by Crippen LogP contribution is 2.41. The maximum Gasteiger partial charge on any atom is 0.276 e. The third kappa shape index (κ3) is 7.17. The molecule has 6 nitrogen and oxygen atoms in total. The molecule has 49 heavy (non-hydrogen) atoms. The van der Waals surface area contributed by atoms with Crippen LogP contribution in [0.15, 0.2) is 103 Å². The third-order valence-electron chi connectivity index (χ3n) is 9.69. The molecule has 0 spiro atoms. The molecule has 0 radical (unpaired) electrons. The lowest BCUT2D eigenvalue weighted by atomic mass is 9.81. The summed E-state index contributed by atoms with van der Waals surface area (Å²) in [6, 6.07) is 30.2. The third-order valence-corrected chi connectivity index (χ3v) is 9.69. The number of ether oxygens (including phenoxy) is 1. The molecule has 0 aromatic heterocycles. The van der Waals surface area contributed by atoms with Crippen LogP contribution in [0.1, 0.15) is 69.4 Å². The number of fused-ring (bicyclic) bond motifs is 2. The summed E-state index contributed by atoms with van der Waals surface area (Å²) in [5.41, 5.74) is 9.87. The van der Waals surface area contributed by atoms with E-state index in [1.807, 2.05) is 6.07 Å². The molecule has 2 heterocycles. The maximum absolute atomic E-state index is 11.7. The van der Waals surface area contributed by atoms with E-state index in [1.54, 1.807) is 18.2 Å². The zero-order valence-corrected chi connectivity index (χ0v) is 33.2. The fraction of sp³-hybridized carbons (Fsp3) is 0.268. The van der Waals surface area contributed by atoms with E-state index in [9.17, 15) is 10.1 Å². The Morgan fingerprint density at radius 1 is 0.694 bits per heavy atom. The minimum atomic E-state index is -0.358. The van der Waals surface area contributed by atoms with E-state index < -0.39 is 0 Å². The number of benzene rings is 4. The van der Waals surface area contributed by atoms with Gasteiger partial charge in [0, 0.05) is 47.0 Å². The molecule has 2 aliphatic rings. The zero-order chi connectivity index (χ0) is 33.3. The molecule has 0 unspecified atom stereocenters. The average Bonchev–Trinajstić information content (AvgIpc) is 3.43. The highest BCUT2D eigenvalue weighted by Gasteiger charge is 2.44. The quantitative estimate of drug-likeness (QED) is 0.106. The monoisotopic (exact) mass is 879 g/mol. The Morgan fingerprint density at radius 3 is 1.76 bits per heavy atom. The van der Waals surface area contributed by atoms with Crippen LogP contribution < -0.4 is 52.7 Å². The fourth-order valence-corrected chi connectivity index (χ4v) is 7.21. The molecule has 0 saturated carbocycles. The number of nitrogens with zero attached hydrogens (tertiary/aromatic N) is 3. The molecule has 6 rings (SSSR count). The Labute approximate surface area is 324 Å². The molecule has 0 saturated heterocycles. The lowest BCUT2D eigenvalue weighted by Gasteiger charge is -2.16. The molecule has 0 amide bonds. The Hall–Kier alpha value is -3.64. The van der Waals surface area contributed by atoms with Gasteiger partial charge in [0.2, 0.25) is 11.4 Å². The van der Waals surface area contributed by atoms with Crippen molar-refractivity contribution in [2.45, 2.75) is 59.0 Å². The normalized spacial score (nSPS) is 15.6. The molecule has 4 aromatic carbocycles. The van der Waals surface area contributed by atoms with Crippen LogP contribution in [-0.2, 0) is 17.4 Å². The minimum Gasteiger partial charge on any atom is -1.00 e. The van der Waals surface area contributed by atoms with Gasteiger partial charge in [0.05, 0.1) is 21.3 Å². The molecule has 0 atom stereocenters. The van der Waals surface area contributed by atoms with Crippen molar-refractivity contribution in [2.24, 2.45) is 0 Å². The number of nitro groups is 1. The van der Waals surface area contributed by atoms with Crippen molar-refractivity contribution in [2.75, 3.05) is 13.1 Å². The molecule has 4 aromatic rings. The first kappa shape index (κ1) is 38.2. The number of allylic oxidation sites excluding steroid dienone is 2. The van der Waals surface area contributed by atoms with Crippen LogP contribution in [0.4, 0.5) is 17.1 Å². The topological polar surface area (TPSA) is 58.4 Å². The highest BCUT2D eigenvalue weighted by atomic mass is 127. The molecule has 2 aliphatic heterocycles. The van der Waals surface area contributed by atoms with Gasteiger partial charge in [-0.3, -0.25) is 10.1 Å². The summed E-state index contributed by atoms with van der Waals surface area (Å²) < 4.78 is 11.1. The van der Waals surface area contributed by atoms with Gasteiger partial charge in [-0.25, -0.2) is 0 Å². The molecule has 0 fully saturated rings. The summed E-state index contributed by atoms with van der Waals surface area (Å²) in [4.78, 5) is 11.3. The SMILES string of the molecule is CC[N+]1=C(/C=C/c2ccc(OCc3ccccc3[N+](=O)[O-])c(/C=C/C3=[N+](CC)c4ccccc4C3(C)C)c2)C(C)(C)c2ccccc21.[I-].[I-]. The van der Waals surface area contributed by atoms with E-state index in [0.717, 1.165) is 24.2 Å². The smallest absolute Gasteiger partial charge is 0.276 e. The number of hydrogen-bond donors (Lipinski definition) is 0. The van der Waals surface area contributed by atoms with Gasteiger partial charge in [-0.1, -0.05) is 54.6 Å². The van der Waals surface area contributed by atoms with Crippen molar-refractivity contribution in [3.05, 3.63) is 141 Å². The van der Waals surface area contributed by atoms with Crippen LogP contribution >= 0.6 is 0 Å². The Bertz CT molecular complexity index is 2010. The van der Waals surface area contributed by atoms with Gasteiger partial charge in [-0.2, -0.15) is 9.15 Å². The molecule has 0 bridgehead atoms. The molecular formula is C41H43I2N3O3. The predicted molar refractivity (Wildman–Crippen MR) is 192 cm³/mol. The number of para-hydroxylation sites is 3. The van der Waals surface area contributed by atoms with Crippen molar-refractivity contribution < 1.29 is 66.8 Å². The Kier molecular flexibility index (Phi) is 12.1. The van der Waals surface area contributed by atoms with Gasteiger partial charge in [0.25, 0.3) is 5.69 Å². The zero-order valence-electron chi connectivity index (χ0n) is 28.9. The second-order valence-electron chi connectivity index (χ2n) is 13.2. The minimum absolute atomic E-state index is 0. The number of halogens is 2. The van der Waals surface area contributed by atoms with Gasteiger partial charge in [-0.15, -0.1) is 0 Å². The molecule has 0 aliphatic carbocycles. The second kappa shape index (κ2) is 15.5. The van der Waals surface area contributed by atoms with E-state index in [4.69, 9.17) is 4.74 Å². The average molecular weight is 880 g/mol. The summed E-state index contributed by atoms with van der Waals surface area (Å²) in [7, 11) is 0. The number of nitro benzene ring substituents is 1. The summed E-state index contributed by atoms with van der Waals surface area (Å²) in [6.07, 6.45) is 8.74. The lowest BCUT2D eigenvalue weighted by molar-refractivity contribution is -0.433. The lowest BCUT2D eigenvalue weighted by Crippen LogP contribution is -3.00. The molecule has 254 valence electrons. The van der Waals surface area contributed by atoms with Gasteiger partial charge < -0.3 is 52.7 Å². The Balaban J connectivity index is 0.00000270. The standard InChI is InChI=1S/C41H43N3O3.2HI/c1-7-42-35-19-13-10-16-32(35)40(3,4)38(42)25-22-29-21-24-37(47-28-31-15-9-12-18-34(31)44(45)46)30(27-29)23-26-39-41(5,6)33-17-11-14-20-36(33)43(39)8-2;;/h9-27H,7-8,28H2,1-6H3;2*1H/q+2;;/p-2/b25-22+,26-23+;;. The first-order chi connectivity index (χ1) is 22.6. The fourth-order valence-electron chi connectivity index (χ4n) is 7.21. The first-order valence-electron chi connectivity index (χ1n) is 16.4. The van der Waals surface area contributed by atoms with Crippen molar-refractivity contribution in [3.63, 3.8) is 0 Å². The molecule has 8 heteroatoms. The van der Waals surface area contributed by atoms with E-state index in [-0.39, 0.29) is 76.0 Å². The largest absolute Gasteiger partial charge is 1.00 e. The van der Waals surface area contributed by atoms with Gasteiger partial charge in [0.1, 0.15) is 25.4 Å². The number of hydrogen-bond acceptors (Lipinski definition) is 3. The number of rotatable bonds is 10. The van der Waals surface area contributed by atoms with Crippen LogP contribution in [0.2, 0.25) is 0 Å². The summed E-state index contributed by atoms with van der Waals surface area (Å²) in [5, 5.41) is 11.7. The van der Waals surface area contributed by atoms with Crippen LogP contribution in [0.5, 0.6) is 5.75 Å². The van der Waals surface area contributed by atoms with Crippen molar-refractivity contribution in [1.82, 2.24) is 0 Å². The second-order valence-corrected chi connectivity index (χ2v) is 13.2. The van der Waals surface area contributed by atoms with Crippen molar-refractivity contribution >= 4 is 40.6 Å². The molecule has 0 N–H and O–H groups in total. The van der Waals surface area contributed by atoms with Gasteiger partial charge in [0.15, 0.2) is 11.4 Å². The van der Waals surface area contributed by atoms with Gasteiger partial charge in [-0.05, 0) is 77.5 Å². The van der Waals surface area contributed by atoms with Gasteiger partial charge >= 0.3 is 0 Å². The van der Waals surface area contributed by atoms with Crippen molar-refractivity contribution in [1.29, 1.82) is 0 Å². The summed E-state index contributed by atoms with van der Waals surface area (Å²) >= 11 is 0. The van der Waals surface area contributed by atoms with E-state index >= 15 is 0 Å².